The van der Waals surface area contributed by atoms with Gasteiger partial charge >= 0.3 is 0 Å². The van der Waals surface area contributed by atoms with Gasteiger partial charge in [0.2, 0.25) is 5.91 Å². The second-order valence-electron chi connectivity index (χ2n) is 4.27. The fourth-order valence-electron chi connectivity index (χ4n) is 1.68. The van der Waals surface area contributed by atoms with Crippen molar-refractivity contribution in [3.05, 3.63) is 18.2 Å². The zero-order chi connectivity index (χ0) is 14.4. The fraction of sp³-hybridized carbons (Fsp3) is 0.385. The van der Waals surface area contributed by atoms with Gasteiger partial charge in [0.15, 0.2) is 5.13 Å². The monoisotopic (exact) mass is 294 g/mol. The molecule has 0 radical (unpaired) electrons. The normalized spacial score (nSPS) is 10.7. The van der Waals surface area contributed by atoms with E-state index in [1.54, 1.807) is 7.11 Å². The van der Waals surface area contributed by atoms with Crippen LogP contribution in [0.25, 0.3) is 10.2 Å². The highest BCUT2D eigenvalue weighted by atomic mass is 32.1. The van der Waals surface area contributed by atoms with Crippen LogP contribution in [0.15, 0.2) is 18.2 Å². The van der Waals surface area contributed by atoms with Crippen molar-refractivity contribution in [2.45, 2.75) is 6.42 Å². The lowest BCUT2D eigenvalue weighted by Gasteiger charge is -2.04. The Morgan fingerprint density at radius 2 is 2.30 bits per heavy atom. The van der Waals surface area contributed by atoms with E-state index in [0.717, 1.165) is 21.0 Å². The van der Waals surface area contributed by atoms with Crippen LogP contribution in [-0.4, -0.2) is 37.7 Å². The van der Waals surface area contributed by atoms with Crippen LogP contribution >= 0.6 is 11.3 Å². The SMILES string of the molecule is COCCNC(=O)CCNc1nc2ccc(N)cc2s1. The molecule has 6 nitrogen and oxygen atoms in total. The van der Waals surface area contributed by atoms with Crippen LogP contribution in [0, 0.1) is 0 Å². The maximum atomic E-state index is 11.5. The number of carbonyl (C=O) groups excluding carboxylic acids is 1. The highest BCUT2D eigenvalue weighted by Gasteiger charge is 2.05. The van der Waals surface area contributed by atoms with Crippen LogP contribution in [0.4, 0.5) is 10.8 Å². The van der Waals surface area contributed by atoms with Crippen LogP contribution in [0.1, 0.15) is 6.42 Å². The van der Waals surface area contributed by atoms with Crippen LogP contribution in [0.2, 0.25) is 0 Å². The van der Waals surface area contributed by atoms with Gasteiger partial charge in [-0.2, -0.15) is 0 Å². The molecule has 0 unspecified atom stereocenters. The lowest BCUT2D eigenvalue weighted by molar-refractivity contribution is -0.121. The number of nitrogens with zero attached hydrogens (tertiary/aromatic N) is 1. The number of aromatic nitrogens is 1. The Morgan fingerprint density at radius 3 is 3.10 bits per heavy atom. The number of nitrogens with two attached hydrogens (primary N) is 1. The summed E-state index contributed by atoms with van der Waals surface area (Å²) in [5.74, 6) is -0.0000874. The van der Waals surface area contributed by atoms with Crippen LogP contribution < -0.4 is 16.4 Å². The Bertz CT molecular complexity index is 585. The topological polar surface area (TPSA) is 89.3 Å². The van der Waals surface area contributed by atoms with E-state index in [4.69, 9.17) is 10.5 Å². The number of ether oxygens (including phenoxy) is 1. The number of benzene rings is 1. The van der Waals surface area contributed by atoms with E-state index in [1.807, 2.05) is 18.2 Å². The molecule has 0 spiro atoms. The molecule has 0 saturated heterocycles. The number of carbonyl (C=O) groups is 1. The van der Waals surface area contributed by atoms with Gasteiger partial charge in [0, 0.05) is 32.3 Å². The summed E-state index contributed by atoms with van der Waals surface area (Å²) in [6, 6.07) is 5.62. The average Bonchev–Trinajstić information content (AvgIpc) is 2.81. The van der Waals surface area contributed by atoms with E-state index in [2.05, 4.69) is 15.6 Å². The maximum absolute atomic E-state index is 11.5. The molecular weight excluding hydrogens is 276 g/mol. The molecule has 1 aromatic heterocycles. The van der Waals surface area contributed by atoms with E-state index >= 15 is 0 Å². The number of hydrogen-bond donors (Lipinski definition) is 3. The van der Waals surface area contributed by atoms with Gasteiger partial charge in [-0.3, -0.25) is 4.79 Å². The summed E-state index contributed by atoms with van der Waals surface area (Å²) in [6.45, 7) is 1.61. The van der Waals surface area contributed by atoms with Gasteiger partial charge in [0.25, 0.3) is 0 Å². The van der Waals surface area contributed by atoms with Crippen LogP contribution in [0.3, 0.4) is 0 Å². The minimum Gasteiger partial charge on any atom is -0.399 e. The molecule has 1 amide bonds. The first-order chi connectivity index (χ1) is 9.69. The number of nitrogen functional groups attached to an aromatic ring is 1. The molecule has 1 aromatic carbocycles. The summed E-state index contributed by atoms with van der Waals surface area (Å²) in [6.07, 6.45) is 0.405. The van der Waals surface area contributed by atoms with E-state index in [9.17, 15) is 4.79 Å². The summed E-state index contributed by atoms with van der Waals surface area (Å²) in [7, 11) is 1.60. The quantitative estimate of drug-likeness (QED) is 0.531. The van der Waals surface area contributed by atoms with Gasteiger partial charge in [-0.25, -0.2) is 4.98 Å². The summed E-state index contributed by atoms with van der Waals surface area (Å²) in [5, 5.41) is 6.72. The predicted molar refractivity (Wildman–Crippen MR) is 82.0 cm³/mol. The number of methoxy groups -OCH3 is 1. The molecule has 4 N–H and O–H groups in total. The zero-order valence-corrected chi connectivity index (χ0v) is 12.1. The second kappa shape index (κ2) is 7.06. The molecule has 0 aliphatic heterocycles. The molecule has 7 heteroatoms. The largest absolute Gasteiger partial charge is 0.399 e. The Labute approximate surface area is 121 Å². The fourth-order valence-corrected chi connectivity index (χ4v) is 2.62. The number of thiazole rings is 1. The lowest BCUT2D eigenvalue weighted by Crippen LogP contribution is -2.28. The second-order valence-corrected chi connectivity index (χ2v) is 5.30. The van der Waals surface area contributed by atoms with Gasteiger partial charge in [-0.1, -0.05) is 11.3 Å². The van der Waals surface area contributed by atoms with Gasteiger partial charge in [0.05, 0.1) is 16.8 Å². The third-order valence-electron chi connectivity index (χ3n) is 2.67. The minimum atomic E-state index is -0.0000874. The van der Waals surface area contributed by atoms with Crippen molar-refractivity contribution in [2.75, 3.05) is 37.9 Å². The van der Waals surface area contributed by atoms with Gasteiger partial charge in [0.1, 0.15) is 0 Å². The molecule has 0 aliphatic carbocycles. The Morgan fingerprint density at radius 1 is 1.45 bits per heavy atom. The molecule has 2 rings (SSSR count). The smallest absolute Gasteiger partial charge is 0.221 e. The first-order valence-electron chi connectivity index (χ1n) is 6.34. The van der Waals surface area contributed by atoms with Gasteiger partial charge in [-0.15, -0.1) is 0 Å². The van der Waals surface area contributed by atoms with Crippen molar-refractivity contribution < 1.29 is 9.53 Å². The number of rotatable bonds is 7. The standard InChI is InChI=1S/C13H18N4O2S/c1-19-7-6-15-12(18)4-5-16-13-17-10-3-2-9(14)8-11(10)20-13/h2-3,8H,4-7,14H2,1H3,(H,15,18)(H,16,17). The van der Waals surface area contributed by atoms with Crippen molar-refractivity contribution in [1.29, 1.82) is 0 Å². The first kappa shape index (κ1) is 14.5. The third kappa shape index (κ3) is 4.07. The maximum Gasteiger partial charge on any atom is 0.221 e. The van der Waals surface area contributed by atoms with E-state index < -0.39 is 0 Å². The number of amides is 1. The van der Waals surface area contributed by atoms with Crippen molar-refractivity contribution in [2.24, 2.45) is 0 Å². The van der Waals surface area contributed by atoms with Crippen molar-refractivity contribution in [3.8, 4) is 0 Å². The van der Waals surface area contributed by atoms with Crippen LogP contribution in [-0.2, 0) is 9.53 Å². The van der Waals surface area contributed by atoms with E-state index in [-0.39, 0.29) is 5.91 Å². The molecule has 108 valence electrons. The highest BCUT2D eigenvalue weighted by Crippen LogP contribution is 2.27. The van der Waals surface area contributed by atoms with Gasteiger partial charge in [-0.05, 0) is 18.2 Å². The van der Waals surface area contributed by atoms with Crippen molar-refractivity contribution in [3.63, 3.8) is 0 Å². The average molecular weight is 294 g/mol. The molecule has 20 heavy (non-hydrogen) atoms. The van der Waals surface area contributed by atoms with E-state index in [1.165, 1.54) is 11.3 Å². The molecule has 0 atom stereocenters. The number of fused-ring (bicyclic) bond motifs is 1. The molecular formula is C13H18N4O2S. The summed E-state index contributed by atoms with van der Waals surface area (Å²) >= 11 is 1.53. The highest BCUT2D eigenvalue weighted by molar-refractivity contribution is 7.22. The Kier molecular flexibility index (Phi) is 5.14. The summed E-state index contributed by atoms with van der Waals surface area (Å²) in [4.78, 5) is 15.9. The number of anilines is 2. The molecule has 0 aliphatic rings. The predicted octanol–water partition coefficient (Wildman–Crippen LogP) is 1.44. The number of hydrogen-bond acceptors (Lipinski definition) is 6. The molecule has 2 aromatic rings. The molecule has 1 heterocycles. The van der Waals surface area contributed by atoms with E-state index in [0.29, 0.717) is 26.1 Å². The Hall–Kier alpha value is -1.86. The minimum absolute atomic E-state index is 0.0000874. The van der Waals surface area contributed by atoms with Crippen LogP contribution in [0.5, 0.6) is 0 Å². The summed E-state index contributed by atoms with van der Waals surface area (Å²) < 4.78 is 5.90. The Balaban J connectivity index is 1.79. The molecule has 0 bridgehead atoms. The number of nitrogens with one attached hydrogen (secondary N) is 2. The lowest BCUT2D eigenvalue weighted by atomic mass is 10.3. The van der Waals surface area contributed by atoms with Gasteiger partial charge < -0.3 is 21.1 Å². The van der Waals surface area contributed by atoms with Crippen molar-refractivity contribution in [1.82, 2.24) is 10.3 Å². The molecule has 0 saturated carbocycles. The summed E-state index contributed by atoms with van der Waals surface area (Å²) in [5.41, 5.74) is 7.37. The third-order valence-corrected chi connectivity index (χ3v) is 3.65. The molecule has 0 fully saturated rings. The first-order valence-corrected chi connectivity index (χ1v) is 7.16. The van der Waals surface area contributed by atoms with Crippen molar-refractivity contribution >= 4 is 38.3 Å². The zero-order valence-electron chi connectivity index (χ0n) is 11.3.